The summed E-state index contributed by atoms with van der Waals surface area (Å²) in [6.07, 6.45) is 6.96. The summed E-state index contributed by atoms with van der Waals surface area (Å²) in [6.45, 7) is 6.40. The van der Waals surface area contributed by atoms with Crippen molar-refractivity contribution in [3.8, 4) is 0 Å². The molecular formula is C16H20ClN3O2. The molecular weight excluding hydrogens is 302 g/mol. The predicted octanol–water partition coefficient (Wildman–Crippen LogP) is 3.25. The SMILES string of the molecule is COC(=O)[C@H]1CC[C@@](C)(c2ncc3c(Cl)nccn23)C1(C)C. The van der Waals surface area contributed by atoms with Crippen LogP contribution in [-0.2, 0) is 14.9 Å². The van der Waals surface area contributed by atoms with Gasteiger partial charge in [-0.1, -0.05) is 32.4 Å². The molecule has 1 saturated carbocycles. The van der Waals surface area contributed by atoms with Crippen LogP contribution in [0.5, 0.6) is 0 Å². The summed E-state index contributed by atoms with van der Waals surface area (Å²) in [7, 11) is 1.45. The Morgan fingerprint density at radius 2 is 2.14 bits per heavy atom. The second-order valence-corrected chi connectivity index (χ2v) is 7.08. The van der Waals surface area contributed by atoms with Crippen LogP contribution in [0.25, 0.3) is 5.52 Å². The first kappa shape index (κ1) is 15.3. The Balaban J connectivity index is 2.13. The third kappa shape index (κ3) is 1.88. The number of halogens is 1. The minimum Gasteiger partial charge on any atom is -0.469 e. The summed E-state index contributed by atoms with van der Waals surface area (Å²) >= 11 is 6.15. The van der Waals surface area contributed by atoms with Gasteiger partial charge in [-0.2, -0.15) is 0 Å². The summed E-state index contributed by atoms with van der Waals surface area (Å²) in [5.74, 6) is 0.643. The molecule has 2 aromatic rings. The van der Waals surface area contributed by atoms with E-state index in [2.05, 4.69) is 30.7 Å². The number of aromatic nitrogens is 3. The van der Waals surface area contributed by atoms with E-state index in [-0.39, 0.29) is 22.7 Å². The van der Waals surface area contributed by atoms with Gasteiger partial charge in [0.15, 0.2) is 5.15 Å². The van der Waals surface area contributed by atoms with E-state index >= 15 is 0 Å². The van der Waals surface area contributed by atoms with E-state index in [1.807, 2.05) is 10.6 Å². The minimum absolute atomic E-state index is 0.132. The fourth-order valence-electron chi connectivity index (χ4n) is 3.76. The molecule has 0 radical (unpaired) electrons. The number of esters is 1. The van der Waals surface area contributed by atoms with E-state index in [9.17, 15) is 4.79 Å². The van der Waals surface area contributed by atoms with Crippen molar-refractivity contribution >= 4 is 23.1 Å². The average Bonchev–Trinajstić information content (AvgIpc) is 3.00. The largest absolute Gasteiger partial charge is 0.469 e. The van der Waals surface area contributed by atoms with Gasteiger partial charge in [-0.25, -0.2) is 9.97 Å². The molecule has 0 amide bonds. The van der Waals surface area contributed by atoms with Gasteiger partial charge in [-0.15, -0.1) is 0 Å². The van der Waals surface area contributed by atoms with Crippen molar-refractivity contribution in [1.29, 1.82) is 0 Å². The van der Waals surface area contributed by atoms with Crippen molar-refractivity contribution in [2.24, 2.45) is 11.3 Å². The average molecular weight is 322 g/mol. The Morgan fingerprint density at radius 1 is 1.41 bits per heavy atom. The van der Waals surface area contributed by atoms with E-state index < -0.39 is 0 Å². The van der Waals surface area contributed by atoms with Gasteiger partial charge in [-0.05, 0) is 18.3 Å². The molecule has 6 heteroatoms. The molecule has 22 heavy (non-hydrogen) atoms. The second-order valence-electron chi connectivity index (χ2n) is 6.72. The highest BCUT2D eigenvalue weighted by Gasteiger charge is 2.57. The fraction of sp³-hybridized carbons (Fsp3) is 0.562. The summed E-state index contributed by atoms with van der Waals surface area (Å²) in [4.78, 5) is 20.8. The molecule has 1 aliphatic rings. The Labute approximate surface area is 134 Å². The van der Waals surface area contributed by atoms with Gasteiger partial charge in [0.25, 0.3) is 0 Å². The molecule has 0 bridgehead atoms. The van der Waals surface area contributed by atoms with Crippen LogP contribution >= 0.6 is 11.6 Å². The van der Waals surface area contributed by atoms with E-state index in [1.54, 1.807) is 12.4 Å². The van der Waals surface area contributed by atoms with Crippen LogP contribution in [0, 0.1) is 11.3 Å². The first-order chi connectivity index (χ1) is 10.3. The number of nitrogens with zero attached hydrogens (tertiary/aromatic N) is 3. The lowest BCUT2D eigenvalue weighted by Crippen LogP contribution is -2.42. The summed E-state index contributed by atoms with van der Waals surface area (Å²) < 4.78 is 6.97. The fourth-order valence-corrected chi connectivity index (χ4v) is 3.96. The number of imidazole rings is 1. The summed E-state index contributed by atoms with van der Waals surface area (Å²) in [5, 5.41) is 0.435. The molecule has 0 aliphatic heterocycles. The minimum atomic E-state index is -0.267. The molecule has 5 nitrogen and oxygen atoms in total. The molecule has 2 aromatic heterocycles. The normalized spacial score (nSPS) is 27.2. The summed E-state index contributed by atoms with van der Waals surface area (Å²) in [6, 6.07) is 0. The van der Waals surface area contributed by atoms with Gasteiger partial charge in [0, 0.05) is 17.8 Å². The number of ether oxygens (including phenoxy) is 1. The standard InChI is InChI=1S/C16H20ClN3O2/c1-15(2)10(13(21)22-4)5-6-16(15,3)14-19-9-11-12(17)18-7-8-20(11)14/h7-10H,5-6H2,1-4H3/t10-,16+/m1/s1. The Morgan fingerprint density at radius 3 is 2.82 bits per heavy atom. The molecule has 1 fully saturated rings. The monoisotopic (exact) mass is 321 g/mol. The lowest BCUT2D eigenvalue weighted by Gasteiger charge is -2.39. The zero-order valence-corrected chi connectivity index (χ0v) is 14.0. The van der Waals surface area contributed by atoms with E-state index in [0.717, 1.165) is 24.2 Å². The maximum absolute atomic E-state index is 12.1. The van der Waals surface area contributed by atoms with Crippen molar-refractivity contribution < 1.29 is 9.53 Å². The number of rotatable bonds is 2. The number of hydrogen-bond donors (Lipinski definition) is 0. The van der Waals surface area contributed by atoms with Gasteiger partial charge in [-0.3, -0.25) is 9.20 Å². The number of carbonyl (C=O) groups excluding carboxylic acids is 1. The van der Waals surface area contributed by atoms with Gasteiger partial charge >= 0.3 is 5.97 Å². The molecule has 2 atom stereocenters. The topological polar surface area (TPSA) is 56.5 Å². The van der Waals surface area contributed by atoms with Crippen molar-refractivity contribution in [2.45, 2.75) is 39.0 Å². The molecule has 0 N–H and O–H groups in total. The van der Waals surface area contributed by atoms with Crippen LogP contribution in [0.3, 0.4) is 0 Å². The smallest absolute Gasteiger partial charge is 0.309 e. The molecule has 1 aliphatic carbocycles. The van der Waals surface area contributed by atoms with E-state index in [0.29, 0.717) is 5.15 Å². The van der Waals surface area contributed by atoms with Crippen molar-refractivity contribution in [3.63, 3.8) is 0 Å². The second kappa shape index (κ2) is 4.95. The van der Waals surface area contributed by atoms with Crippen molar-refractivity contribution in [2.75, 3.05) is 7.11 Å². The van der Waals surface area contributed by atoms with Crippen LogP contribution in [0.2, 0.25) is 5.15 Å². The highest BCUT2D eigenvalue weighted by Crippen LogP contribution is 2.57. The highest BCUT2D eigenvalue weighted by atomic mass is 35.5. The molecule has 0 spiro atoms. The molecule has 2 heterocycles. The first-order valence-electron chi connectivity index (χ1n) is 7.39. The van der Waals surface area contributed by atoms with Gasteiger partial charge in [0.1, 0.15) is 11.3 Å². The maximum atomic E-state index is 12.1. The zero-order chi connectivity index (χ0) is 16.1. The van der Waals surface area contributed by atoms with Crippen molar-refractivity contribution in [3.05, 3.63) is 29.6 Å². The third-order valence-corrected chi connectivity index (χ3v) is 5.91. The predicted molar refractivity (Wildman–Crippen MR) is 83.9 cm³/mol. The van der Waals surface area contributed by atoms with E-state index in [1.165, 1.54) is 7.11 Å². The van der Waals surface area contributed by atoms with E-state index in [4.69, 9.17) is 16.3 Å². The molecule has 0 aromatic carbocycles. The molecule has 0 unspecified atom stereocenters. The lowest BCUT2D eigenvalue weighted by molar-refractivity contribution is -0.149. The van der Waals surface area contributed by atoms with Gasteiger partial charge in [0.2, 0.25) is 0 Å². The van der Waals surface area contributed by atoms with Crippen LogP contribution in [0.4, 0.5) is 0 Å². The number of carbonyl (C=O) groups is 1. The van der Waals surface area contributed by atoms with Crippen LogP contribution in [0.15, 0.2) is 18.6 Å². The zero-order valence-electron chi connectivity index (χ0n) is 13.3. The van der Waals surface area contributed by atoms with Crippen LogP contribution < -0.4 is 0 Å². The third-order valence-electron chi connectivity index (χ3n) is 5.62. The Kier molecular flexibility index (Phi) is 3.44. The molecule has 3 rings (SSSR count). The maximum Gasteiger partial charge on any atom is 0.309 e. The first-order valence-corrected chi connectivity index (χ1v) is 7.76. The van der Waals surface area contributed by atoms with Gasteiger partial charge < -0.3 is 4.74 Å². The molecule has 0 saturated heterocycles. The number of hydrogen-bond acceptors (Lipinski definition) is 4. The number of fused-ring (bicyclic) bond motifs is 1. The molecule has 118 valence electrons. The Bertz CT molecular complexity index is 740. The van der Waals surface area contributed by atoms with Crippen molar-refractivity contribution in [1.82, 2.24) is 14.4 Å². The van der Waals surface area contributed by atoms with Crippen LogP contribution in [0.1, 0.15) is 39.4 Å². The highest BCUT2D eigenvalue weighted by molar-refractivity contribution is 6.32. The lowest BCUT2D eigenvalue weighted by atomic mass is 9.65. The Hall–Kier alpha value is -1.62. The number of methoxy groups -OCH3 is 1. The summed E-state index contributed by atoms with van der Waals surface area (Å²) in [5.41, 5.74) is 0.276. The van der Waals surface area contributed by atoms with Gasteiger partial charge in [0.05, 0.1) is 19.2 Å². The van der Waals surface area contributed by atoms with Crippen LogP contribution in [-0.4, -0.2) is 27.4 Å². The quantitative estimate of drug-likeness (QED) is 0.797.